The third-order valence-electron chi connectivity index (χ3n) is 5.24. The molecule has 1 aliphatic rings. The number of aryl methyl sites for hydroxylation is 1. The first-order valence-electron chi connectivity index (χ1n) is 10.2. The van der Waals surface area contributed by atoms with Crippen molar-refractivity contribution in [2.45, 2.75) is 25.4 Å². The van der Waals surface area contributed by atoms with E-state index in [0.717, 1.165) is 11.1 Å². The van der Waals surface area contributed by atoms with Gasteiger partial charge in [0.1, 0.15) is 5.82 Å². The standard InChI is InChI=1S/C22H22ClFN4O3S/c23-17-9-13(1-3-16(30)12-29)11-25-20(17)14-5-7-28(8-6-14)22(31)27-21-26-18-4-2-15(24)10-19(18)32-21/h2,4-5,9-11,16,29-30H,1,3,6-8,12H2,(H,26,27,31)/t16-/m0/s1. The van der Waals surface area contributed by atoms with Gasteiger partial charge < -0.3 is 15.1 Å². The number of rotatable bonds is 6. The second kappa shape index (κ2) is 9.91. The van der Waals surface area contributed by atoms with E-state index in [4.69, 9.17) is 16.7 Å². The van der Waals surface area contributed by atoms with Crippen LogP contribution < -0.4 is 5.32 Å². The molecule has 1 aromatic carbocycles. The van der Waals surface area contributed by atoms with E-state index in [1.807, 2.05) is 12.1 Å². The summed E-state index contributed by atoms with van der Waals surface area (Å²) < 4.78 is 14.0. The Kier molecular flexibility index (Phi) is 7.00. The molecule has 3 heterocycles. The van der Waals surface area contributed by atoms with Crippen molar-refractivity contribution >= 4 is 49.9 Å². The fourth-order valence-corrected chi connectivity index (χ4v) is 4.66. The van der Waals surface area contributed by atoms with Gasteiger partial charge in [-0.1, -0.05) is 29.0 Å². The number of aliphatic hydroxyl groups is 2. The van der Waals surface area contributed by atoms with Crippen molar-refractivity contribution in [3.63, 3.8) is 0 Å². The molecule has 0 saturated carbocycles. The predicted octanol–water partition coefficient (Wildman–Crippen LogP) is 4.09. The molecule has 1 aliphatic heterocycles. The molecular formula is C22H22ClFN4O3S. The van der Waals surface area contributed by atoms with Gasteiger partial charge in [-0.3, -0.25) is 10.3 Å². The zero-order valence-electron chi connectivity index (χ0n) is 17.1. The third kappa shape index (κ3) is 5.24. The van der Waals surface area contributed by atoms with E-state index in [1.165, 1.54) is 23.5 Å². The Hall–Kier alpha value is -2.59. The quantitative estimate of drug-likeness (QED) is 0.497. The highest BCUT2D eigenvalue weighted by Crippen LogP contribution is 2.29. The van der Waals surface area contributed by atoms with Crippen LogP contribution in [0.15, 0.2) is 36.5 Å². The van der Waals surface area contributed by atoms with Gasteiger partial charge in [-0.15, -0.1) is 0 Å². The number of nitrogens with zero attached hydrogens (tertiary/aromatic N) is 3. The average molecular weight is 477 g/mol. The van der Waals surface area contributed by atoms with Crippen LogP contribution in [0.25, 0.3) is 15.8 Å². The summed E-state index contributed by atoms with van der Waals surface area (Å²) in [5, 5.41) is 22.1. The molecule has 2 amide bonds. The maximum atomic E-state index is 13.4. The second-order valence-electron chi connectivity index (χ2n) is 7.54. The Morgan fingerprint density at radius 2 is 2.22 bits per heavy atom. The first-order chi connectivity index (χ1) is 15.4. The number of halogens is 2. The van der Waals surface area contributed by atoms with Crippen LogP contribution in [-0.4, -0.2) is 56.9 Å². The van der Waals surface area contributed by atoms with Crippen LogP contribution in [0.2, 0.25) is 5.02 Å². The molecule has 32 heavy (non-hydrogen) atoms. The Labute approximate surface area is 193 Å². The lowest BCUT2D eigenvalue weighted by atomic mass is 10.0. The number of anilines is 1. The minimum absolute atomic E-state index is 0.267. The molecule has 0 fully saturated rings. The van der Waals surface area contributed by atoms with E-state index in [0.29, 0.717) is 58.4 Å². The highest BCUT2D eigenvalue weighted by atomic mass is 35.5. The number of urea groups is 1. The summed E-state index contributed by atoms with van der Waals surface area (Å²) in [6, 6.07) is 5.88. The zero-order chi connectivity index (χ0) is 22.7. The first-order valence-corrected chi connectivity index (χ1v) is 11.4. The number of carbonyl (C=O) groups is 1. The van der Waals surface area contributed by atoms with Gasteiger partial charge in [0.25, 0.3) is 0 Å². The Morgan fingerprint density at radius 1 is 1.38 bits per heavy atom. The van der Waals surface area contributed by atoms with Gasteiger partial charge in [0.05, 0.1) is 33.6 Å². The van der Waals surface area contributed by atoms with Crippen molar-refractivity contribution in [2.75, 3.05) is 25.0 Å². The van der Waals surface area contributed by atoms with Crippen molar-refractivity contribution < 1.29 is 19.4 Å². The molecule has 0 bridgehead atoms. The van der Waals surface area contributed by atoms with E-state index in [9.17, 15) is 14.3 Å². The normalized spacial score (nSPS) is 15.0. The molecule has 0 saturated heterocycles. The number of thiazole rings is 1. The maximum absolute atomic E-state index is 13.4. The van der Waals surface area contributed by atoms with Crippen molar-refractivity contribution in [1.82, 2.24) is 14.9 Å². The fraction of sp³-hybridized carbons (Fsp3) is 0.318. The maximum Gasteiger partial charge on any atom is 0.323 e. The molecule has 1 atom stereocenters. The molecular weight excluding hydrogens is 455 g/mol. The van der Waals surface area contributed by atoms with Gasteiger partial charge in [-0.05, 0) is 54.7 Å². The van der Waals surface area contributed by atoms with Gasteiger partial charge in [-0.2, -0.15) is 0 Å². The van der Waals surface area contributed by atoms with Crippen LogP contribution in [-0.2, 0) is 6.42 Å². The smallest absolute Gasteiger partial charge is 0.323 e. The van der Waals surface area contributed by atoms with Crippen molar-refractivity contribution in [1.29, 1.82) is 0 Å². The first kappa shape index (κ1) is 22.6. The fourth-order valence-electron chi connectivity index (χ4n) is 3.47. The number of amides is 2. The number of hydrogen-bond acceptors (Lipinski definition) is 6. The minimum atomic E-state index is -0.754. The predicted molar refractivity (Wildman–Crippen MR) is 123 cm³/mol. The number of carbonyl (C=O) groups excluding carboxylic acids is 1. The van der Waals surface area contributed by atoms with Crippen molar-refractivity contribution in [3.8, 4) is 0 Å². The van der Waals surface area contributed by atoms with Crippen LogP contribution in [0, 0.1) is 5.82 Å². The van der Waals surface area contributed by atoms with Crippen LogP contribution >= 0.6 is 22.9 Å². The minimum Gasteiger partial charge on any atom is -0.394 e. The lowest BCUT2D eigenvalue weighted by molar-refractivity contribution is 0.0885. The molecule has 7 nitrogen and oxygen atoms in total. The summed E-state index contributed by atoms with van der Waals surface area (Å²) >= 11 is 7.66. The SMILES string of the molecule is O=C(Nc1nc2ccc(F)cc2s1)N1CC=C(c2ncc(CC[C@H](O)CO)cc2Cl)CC1. The van der Waals surface area contributed by atoms with Gasteiger partial charge in [-0.25, -0.2) is 14.2 Å². The lowest BCUT2D eigenvalue weighted by Crippen LogP contribution is -2.37. The van der Waals surface area contributed by atoms with Crippen LogP contribution in [0.5, 0.6) is 0 Å². The molecule has 10 heteroatoms. The molecule has 4 rings (SSSR count). The molecule has 0 unspecified atom stereocenters. The van der Waals surface area contributed by atoms with Gasteiger partial charge in [0, 0.05) is 19.3 Å². The zero-order valence-corrected chi connectivity index (χ0v) is 18.7. The number of benzene rings is 1. The topological polar surface area (TPSA) is 98.6 Å². The summed E-state index contributed by atoms with van der Waals surface area (Å²) in [4.78, 5) is 23.1. The summed E-state index contributed by atoms with van der Waals surface area (Å²) in [6.45, 7) is 0.635. The molecule has 0 spiro atoms. The molecule has 3 N–H and O–H groups in total. The summed E-state index contributed by atoms with van der Waals surface area (Å²) in [5.41, 5.74) is 3.18. The van der Waals surface area contributed by atoms with Crippen LogP contribution in [0.4, 0.5) is 14.3 Å². The Morgan fingerprint density at radius 3 is 2.94 bits per heavy atom. The average Bonchev–Trinajstić information content (AvgIpc) is 3.18. The van der Waals surface area contributed by atoms with Gasteiger partial charge >= 0.3 is 6.03 Å². The van der Waals surface area contributed by atoms with Gasteiger partial charge in [0.15, 0.2) is 5.13 Å². The number of nitrogens with one attached hydrogen (secondary N) is 1. The van der Waals surface area contributed by atoms with Crippen LogP contribution in [0.1, 0.15) is 24.1 Å². The van der Waals surface area contributed by atoms with Crippen molar-refractivity contribution in [2.24, 2.45) is 0 Å². The molecule has 3 aromatic rings. The highest BCUT2D eigenvalue weighted by molar-refractivity contribution is 7.22. The largest absolute Gasteiger partial charge is 0.394 e. The summed E-state index contributed by atoms with van der Waals surface area (Å²) in [5.74, 6) is -0.337. The number of pyridine rings is 1. The molecule has 168 valence electrons. The van der Waals surface area contributed by atoms with Gasteiger partial charge in [0.2, 0.25) is 0 Å². The number of aliphatic hydroxyl groups excluding tert-OH is 2. The summed E-state index contributed by atoms with van der Waals surface area (Å²) in [7, 11) is 0. The summed E-state index contributed by atoms with van der Waals surface area (Å²) in [6.07, 6.45) is 4.51. The Balaban J connectivity index is 1.38. The highest BCUT2D eigenvalue weighted by Gasteiger charge is 2.21. The molecule has 0 aliphatic carbocycles. The second-order valence-corrected chi connectivity index (χ2v) is 8.97. The molecule has 2 aromatic heterocycles. The Bertz CT molecular complexity index is 1170. The number of aromatic nitrogens is 2. The van der Waals surface area contributed by atoms with Crippen molar-refractivity contribution in [3.05, 3.63) is 58.6 Å². The number of fused-ring (bicyclic) bond motifs is 1. The third-order valence-corrected chi connectivity index (χ3v) is 6.46. The van der Waals surface area contributed by atoms with E-state index in [-0.39, 0.29) is 18.5 Å². The van der Waals surface area contributed by atoms with E-state index in [2.05, 4.69) is 15.3 Å². The van der Waals surface area contributed by atoms with Crippen LogP contribution in [0.3, 0.4) is 0 Å². The molecule has 0 radical (unpaired) electrons. The van der Waals surface area contributed by atoms with E-state index >= 15 is 0 Å². The lowest BCUT2D eigenvalue weighted by Gasteiger charge is -2.26. The van der Waals surface area contributed by atoms with E-state index in [1.54, 1.807) is 17.2 Å². The monoisotopic (exact) mass is 476 g/mol. The van der Waals surface area contributed by atoms with E-state index < -0.39 is 6.10 Å². The number of hydrogen-bond donors (Lipinski definition) is 3.